The molecule has 0 bridgehead atoms. The second-order valence-corrected chi connectivity index (χ2v) is 10.8. The van der Waals surface area contributed by atoms with Crippen LogP contribution in [0.4, 0.5) is 5.69 Å². The summed E-state index contributed by atoms with van der Waals surface area (Å²) in [6, 6.07) is 19.5. The number of nitrogens with one attached hydrogen (secondary N) is 1. The Morgan fingerprint density at radius 3 is 2.18 bits per heavy atom. The molecule has 3 aromatic carbocycles. The van der Waals surface area contributed by atoms with E-state index in [2.05, 4.69) is 5.32 Å². The van der Waals surface area contributed by atoms with E-state index in [1.807, 2.05) is 37.3 Å². The van der Waals surface area contributed by atoms with Crippen molar-refractivity contribution in [1.82, 2.24) is 10.2 Å². The highest BCUT2D eigenvalue weighted by Gasteiger charge is 2.34. The van der Waals surface area contributed by atoms with Crippen molar-refractivity contribution in [2.75, 3.05) is 32.1 Å². The number of carbonyl (C=O) groups excluding carboxylic acids is 2. The maximum Gasteiger partial charge on any atom is 0.264 e. The predicted octanol–water partition coefficient (Wildman–Crippen LogP) is 3.76. The molecule has 0 aliphatic carbocycles. The van der Waals surface area contributed by atoms with Crippen LogP contribution in [0, 0.1) is 6.92 Å². The minimum absolute atomic E-state index is 0.0127. The van der Waals surface area contributed by atoms with E-state index in [1.165, 1.54) is 44.4 Å². The molecule has 10 heteroatoms. The van der Waals surface area contributed by atoms with Gasteiger partial charge in [0.05, 0.1) is 24.8 Å². The van der Waals surface area contributed by atoms with Crippen LogP contribution in [0.25, 0.3) is 0 Å². The van der Waals surface area contributed by atoms with Crippen LogP contribution in [0.5, 0.6) is 11.5 Å². The van der Waals surface area contributed by atoms with E-state index in [4.69, 9.17) is 9.47 Å². The minimum Gasteiger partial charge on any atom is -0.497 e. The molecule has 1 N–H and O–H groups in total. The molecular weight excluding hydrogens is 518 g/mol. The summed E-state index contributed by atoms with van der Waals surface area (Å²) in [6.45, 7) is 3.21. The SMILES string of the molecule is CCC(C(=O)NC)N(Cc1ccccc1)C(=O)CN(c1cc(OC)ccc1OC)S(=O)(=O)c1ccc(C)cc1. The van der Waals surface area contributed by atoms with Gasteiger partial charge in [0.25, 0.3) is 10.0 Å². The van der Waals surface area contributed by atoms with Gasteiger partial charge >= 0.3 is 0 Å². The molecule has 0 radical (unpaired) electrons. The van der Waals surface area contributed by atoms with Crippen LogP contribution < -0.4 is 19.1 Å². The number of benzene rings is 3. The van der Waals surface area contributed by atoms with Crippen LogP contribution in [-0.4, -0.2) is 59.0 Å². The Bertz CT molecular complexity index is 1380. The molecule has 1 unspecified atom stereocenters. The molecule has 9 nitrogen and oxygen atoms in total. The number of hydrogen-bond donors (Lipinski definition) is 1. The van der Waals surface area contributed by atoms with Crippen molar-refractivity contribution in [3.8, 4) is 11.5 Å². The summed E-state index contributed by atoms with van der Waals surface area (Å²) in [5.41, 5.74) is 1.83. The maximum atomic E-state index is 14.0. The summed E-state index contributed by atoms with van der Waals surface area (Å²) in [5.74, 6) is -0.254. The van der Waals surface area contributed by atoms with Crippen molar-refractivity contribution >= 4 is 27.5 Å². The summed E-state index contributed by atoms with van der Waals surface area (Å²) in [5, 5.41) is 2.62. The Labute approximate surface area is 230 Å². The van der Waals surface area contributed by atoms with Gasteiger partial charge in [-0.15, -0.1) is 0 Å². The van der Waals surface area contributed by atoms with Crippen molar-refractivity contribution in [3.63, 3.8) is 0 Å². The lowest BCUT2D eigenvalue weighted by Crippen LogP contribution is -2.51. The number of aryl methyl sites for hydroxylation is 1. The fourth-order valence-corrected chi connectivity index (χ4v) is 5.63. The second-order valence-electron chi connectivity index (χ2n) is 8.91. The molecule has 2 amide bonds. The number of likely N-dealkylation sites (N-methyl/N-ethyl adjacent to an activating group) is 1. The molecule has 208 valence electrons. The van der Waals surface area contributed by atoms with Crippen LogP contribution in [0.1, 0.15) is 24.5 Å². The molecule has 0 fully saturated rings. The molecule has 0 aromatic heterocycles. The largest absolute Gasteiger partial charge is 0.497 e. The van der Waals surface area contributed by atoms with Gasteiger partial charge in [-0.05, 0) is 43.2 Å². The van der Waals surface area contributed by atoms with Gasteiger partial charge in [-0.2, -0.15) is 0 Å². The summed E-state index contributed by atoms with van der Waals surface area (Å²) in [6.07, 6.45) is 0.339. The third-order valence-electron chi connectivity index (χ3n) is 6.37. The molecule has 0 heterocycles. The second kappa shape index (κ2) is 13.1. The topological polar surface area (TPSA) is 105 Å². The van der Waals surface area contributed by atoms with E-state index < -0.39 is 28.5 Å². The molecule has 1 atom stereocenters. The van der Waals surface area contributed by atoms with Crippen molar-refractivity contribution in [2.24, 2.45) is 0 Å². The first kappa shape index (κ1) is 29.5. The monoisotopic (exact) mass is 553 g/mol. The average Bonchev–Trinajstić information content (AvgIpc) is 2.95. The zero-order valence-corrected chi connectivity index (χ0v) is 23.7. The smallest absolute Gasteiger partial charge is 0.264 e. The van der Waals surface area contributed by atoms with Gasteiger partial charge in [0, 0.05) is 19.7 Å². The Morgan fingerprint density at radius 1 is 0.949 bits per heavy atom. The third kappa shape index (κ3) is 6.88. The molecule has 0 aliphatic heterocycles. The van der Waals surface area contributed by atoms with Crippen molar-refractivity contribution in [3.05, 3.63) is 83.9 Å². The summed E-state index contributed by atoms with van der Waals surface area (Å²) < 4.78 is 39.9. The Kier molecular flexibility index (Phi) is 9.95. The molecule has 3 aromatic rings. The normalized spacial score (nSPS) is 11.8. The number of hydrogen-bond acceptors (Lipinski definition) is 6. The minimum atomic E-state index is -4.24. The zero-order chi connectivity index (χ0) is 28.6. The van der Waals surface area contributed by atoms with Crippen molar-refractivity contribution in [1.29, 1.82) is 0 Å². The van der Waals surface area contributed by atoms with E-state index in [0.29, 0.717) is 12.2 Å². The van der Waals surface area contributed by atoms with Crippen molar-refractivity contribution < 1.29 is 27.5 Å². The number of sulfonamides is 1. The summed E-state index contributed by atoms with van der Waals surface area (Å²) >= 11 is 0. The zero-order valence-electron chi connectivity index (χ0n) is 22.9. The molecular formula is C29H35N3O6S. The van der Waals surface area contributed by atoms with Gasteiger partial charge in [-0.1, -0.05) is 55.0 Å². The van der Waals surface area contributed by atoms with Crippen LogP contribution >= 0.6 is 0 Å². The van der Waals surface area contributed by atoms with Gasteiger partial charge in [0.1, 0.15) is 24.1 Å². The summed E-state index contributed by atoms with van der Waals surface area (Å²) in [4.78, 5) is 28.2. The van der Waals surface area contributed by atoms with E-state index in [9.17, 15) is 18.0 Å². The molecule has 0 aliphatic rings. The number of nitrogens with zero attached hydrogens (tertiary/aromatic N) is 2. The van der Waals surface area contributed by atoms with E-state index in [1.54, 1.807) is 31.2 Å². The van der Waals surface area contributed by atoms with Crippen molar-refractivity contribution in [2.45, 2.75) is 37.8 Å². The number of carbonyl (C=O) groups is 2. The average molecular weight is 554 g/mol. The van der Waals surface area contributed by atoms with Crippen LogP contribution in [0.3, 0.4) is 0 Å². The van der Waals surface area contributed by atoms with E-state index in [0.717, 1.165) is 15.4 Å². The van der Waals surface area contributed by atoms with Gasteiger partial charge in [-0.3, -0.25) is 13.9 Å². The number of ether oxygens (including phenoxy) is 2. The number of rotatable bonds is 12. The highest BCUT2D eigenvalue weighted by atomic mass is 32.2. The summed E-state index contributed by atoms with van der Waals surface area (Å²) in [7, 11) is 0.152. The third-order valence-corrected chi connectivity index (χ3v) is 8.14. The standard InChI is InChI=1S/C29H35N3O6S/c1-6-25(29(34)30-3)31(19-22-10-8-7-9-11-22)28(33)20-32(26-18-23(37-4)14-17-27(26)38-5)39(35,36)24-15-12-21(2)13-16-24/h7-18,25H,6,19-20H2,1-5H3,(H,30,34). The van der Waals surface area contributed by atoms with E-state index >= 15 is 0 Å². The fraction of sp³-hybridized carbons (Fsp3) is 0.310. The number of methoxy groups -OCH3 is 2. The highest BCUT2D eigenvalue weighted by molar-refractivity contribution is 7.92. The molecule has 39 heavy (non-hydrogen) atoms. The highest BCUT2D eigenvalue weighted by Crippen LogP contribution is 2.36. The first-order valence-corrected chi connectivity index (χ1v) is 14.0. The Balaban J connectivity index is 2.14. The number of amides is 2. The van der Waals surface area contributed by atoms with Crippen LogP contribution in [-0.2, 0) is 26.2 Å². The van der Waals surface area contributed by atoms with E-state index in [-0.39, 0.29) is 28.8 Å². The van der Waals surface area contributed by atoms with Crippen LogP contribution in [0.2, 0.25) is 0 Å². The molecule has 0 spiro atoms. The van der Waals surface area contributed by atoms with Crippen LogP contribution in [0.15, 0.2) is 77.7 Å². The number of anilines is 1. The maximum absolute atomic E-state index is 14.0. The molecule has 0 saturated heterocycles. The lowest BCUT2D eigenvalue weighted by molar-refractivity contribution is -0.140. The first-order valence-electron chi connectivity index (χ1n) is 12.5. The Hall–Kier alpha value is -4.05. The Morgan fingerprint density at radius 2 is 1.62 bits per heavy atom. The quantitative estimate of drug-likeness (QED) is 0.366. The van der Waals surface area contributed by atoms with Gasteiger partial charge in [0.15, 0.2) is 0 Å². The van der Waals surface area contributed by atoms with Gasteiger partial charge < -0.3 is 19.7 Å². The first-order chi connectivity index (χ1) is 18.7. The van der Waals surface area contributed by atoms with Gasteiger partial charge in [0.2, 0.25) is 11.8 Å². The lowest BCUT2D eigenvalue weighted by atomic mass is 10.1. The lowest BCUT2D eigenvalue weighted by Gasteiger charge is -2.33. The molecule has 3 rings (SSSR count). The van der Waals surface area contributed by atoms with Gasteiger partial charge in [-0.25, -0.2) is 8.42 Å². The fourth-order valence-electron chi connectivity index (χ4n) is 4.21. The molecule has 0 saturated carbocycles. The predicted molar refractivity (Wildman–Crippen MR) is 150 cm³/mol.